The minimum atomic E-state index is -1.68. The van der Waals surface area contributed by atoms with Gasteiger partial charge in [-0.3, -0.25) is 0 Å². The van der Waals surface area contributed by atoms with Gasteiger partial charge < -0.3 is 8.85 Å². The van der Waals surface area contributed by atoms with Gasteiger partial charge in [0.15, 0.2) is 0 Å². The summed E-state index contributed by atoms with van der Waals surface area (Å²) in [6.45, 7) is 12.6. The van der Waals surface area contributed by atoms with Crippen LogP contribution in [0.2, 0.25) is 39.3 Å². The molecule has 0 saturated carbocycles. The molecule has 0 aliphatic heterocycles. The monoisotopic (exact) mass is 334 g/mol. The lowest BCUT2D eigenvalue weighted by atomic mass is 10.6. The zero-order valence-electron chi connectivity index (χ0n) is 11.2. The third-order valence-corrected chi connectivity index (χ3v) is 3.63. The van der Waals surface area contributed by atoms with Crippen LogP contribution in [0.5, 0.6) is 11.9 Å². The van der Waals surface area contributed by atoms with E-state index < -0.39 is 16.6 Å². The number of rotatable bonds is 4. The molecule has 0 saturated heterocycles. The van der Waals surface area contributed by atoms with Gasteiger partial charge in [0.05, 0.1) is 10.7 Å². The number of aromatic nitrogens is 2. The molecule has 1 rings (SSSR count). The molecule has 1 heterocycles. The summed E-state index contributed by atoms with van der Waals surface area (Å²) in [6.07, 6.45) is 1.68. The molecule has 0 unspecified atom stereocenters. The zero-order valence-corrected chi connectivity index (χ0v) is 14.8. The van der Waals surface area contributed by atoms with Gasteiger partial charge in [-0.15, -0.1) is 0 Å². The van der Waals surface area contributed by atoms with E-state index >= 15 is 0 Å². The van der Waals surface area contributed by atoms with Crippen LogP contribution in [0.25, 0.3) is 0 Å². The normalized spacial score (nSPS) is 12.4. The molecular formula is C10H19BrN2O2Si2. The van der Waals surface area contributed by atoms with Crippen LogP contribution in [0.3, 0.4) is 0 Å². The van der Waals surface area contributed by atoms with Crippen molar-refractivity contribution < 1.29 is 8.85 Å². The molecule has 0 fully saturated rings. The van der Waals surface area contributed by atoms with Crippen molar-refractivity contribution in [2.75, 3.05) is 0 Å². The Balaban J connectivity index is 2.95. The second kappa shape index (κ2) is 5.07. The molecule has 0 spiro atoms. The van der Waals surface area contributed by atoms with Crippen LogP contribution in [-0.4, -0.2) is 26.6 Å². The molecule has 0 atom stereocenters. The second-order valence-electron chi connectivity index (χ2n) is 5.73. The van der Waals surface area contributed by atoms with E-state index in [-0.39, 0.29) is 0 Å². The second-order valence-corrected chi connectivity index (χ2v) is 15.4. The number of nitrogens with zero attached hydrogens (tertiary/aromatic N) is 2. The smallest absolute Gasteiger partial charge is 0.305 e. The molecule has 17 heavy (non-hydrogen) atoms. The Morgan fingerprint density at radius 1 is 1.00 bits per heavy atom. The average Bonchev–Trinajstić information content (AvgIpc) is 2.05. The van der Waals surface area contributed by atoms with Gasteiger partial charge >= 0.3 is 6.01 Å². The van der Waals surface area contributed by atoms with Crippen molar-refractivity contribution >= 4 is 32.6 Å². The maximum atomic E-state index is 5.86. The number of halogens is 1. The predicted molar refractivity (Wildman–Crippen MR) is 77.7 cm³/mol. The van der Waals surface area contributed by atoms with Crippen LogP contribution >= 0.6 is 15.9 Å². The van der Waals surface area contributed by atoms with E-state index in [1.165, 1.54) is 0 Å². The summed E-state index contributed by atoms with van der Waals surface area (Å²) in [4.78, 5) is 8.45. The Kier molecular flexibility index (Phi) is 4.37. The van der Waals surface area contributed by atoms with E-state index in [0.29, 0.717) is 11.9 Å². The summed E-state index contributed by atoms with van der Waals surface area (Å²) >= 11 is 3.39. The van der Waals surface area contributed by atoms with Crippen molar-refractivity contribution in [2.24, 2.45) is 0 Å². The van der Waals surface area contributed by atoms with Crippen molar-refractivity contribution in [3.8, 4) is 11.9 Å². The van der Waals surface area contributed by atoms with Gasteiger partial charge in [0.2, 0.25) is 22.5 Å². The van der Waals surface area contributed by atoms with Gasteiger partial charge in [0.1, 0.15) is 0 Å². The molecule has 0 amide bonds. The van der Waals surface area contributed by atoms with Gasteiger partial charge in [0, 0.05) is 0 Å². The summed E-state index contributed by atoms with van der Waals surface area (Å²) in [5.74, 6) is 0.576. The first-order valence-electron chi connectivity index (χ1n) is 5.47. The van der Waals surface area contributed by atoms with Crippen molar-refractivity contribution in [1.29, 1.82) is 0 Å². The Labute approximate surface area is 113 Å². The molecule has 1 aromatic rings. The van der Waals surface area contributed by atoms with E-state index in [0.717, 1.165) is 4.47 Å². The van der Waals surface area contributed by atoms with Crippen molar-refractivity contribution in [1.82, 2.24) is 9.97 Å². The minimum absolute atomic E-state index is 0.403. The molecule has 0 radical (unpaired) electrons. The Hall–Kier alpha value is -0.406. The minimum Gasteiger partial charge on any atom is -0.531 e. The van der Waals surface area contributed by atoms with Crippen LogP contribution in [-0.2, 0) is 0 Å². The summed E-state index contributed by atoms with van der Waals surface area (Å²) in [5.41, 5.74) is 0. The first-order valence-corrected chi connectivity index (χ1v) is 13.1. The first kappa shape index (κ1) is 14.7. The zero-order chi connectivity index (χ0) is 13.3. The molecule has 4 nitrogen and oxygen atoms in total. The highest BCUT2D eigenvalue weighted by atomic mass is 79.9. The van der Waals surface area contributed by atoms with Crippen LogP contribution in [0.15, 0.2) is 10.7 Å². The summed E-state index contributed by atoms with van der Waals surface area (Å²) in [5, 5.41) is 0. The third kappa shape index (κ3) is 5.64. The molecule has 0 N–H and O–H groups in total. The summed E-state index contributed by atoms with van der Waals surface area (Å²) in [7, 11) is -3.36. The number of hydrogen-bond donors (Lipinski definition) is 0. The fourth-order valence-electron chi connectivity index (χ4n) is 1.02. The van der Waals surface area contributed by atoms with Crippen LogP contribution in [0.4, 0.5) is 0 Å². The Morgan fingerprint density at radius 2 is 1.53 bits per heavy atom. The van der Waals surface area contributed by atoms with Crippen LogP contribution < -0.4 is 8.85 Å². The lowest BCUT2D eigenvalue weighted by molar-refractivity contribution is 0.473. The number of hydrogen-bond acceptors (Lipinski definition) is 4. The topological polar surface area (TPSA) is 44.2 Å². The van der Waals surface area contributed by atoms with Gasteiger partial charge in [-0.2, -0.15) is 4.98 Å². The SMILES string of the molecule is C[Si](C)(C)Oc1ncc(Br)c(O[Si](C)(C)C)n1. The van der Waals surface area contributed by atoms with E-state index in [4.69, 9.17) is 8.85 Å². The Morgan fingerprint density at radius 3 is 2.00 bits per heavy atom. The van der Waals surface area contributed by atoms with E-state index in [9.17, 15) is 0 Å². The first-order chi connectivity index (χ1) is 7.57. The highest BCUT2D eigenvalue weighted by molar-refractivity contribution is 9.10. The molecule has 1 aromatic heterocycles. The van der Waals surface area contributed by atoms with Crippen molar-refractivity contribution in [3.63, 3.8) is 0 Å². The molecular weight excluding hydrogens is 316 g/mol. The third-order valence-electron chi connectivity index (χ3n) is 1.49. The van der Waals surface area contributed by atoms with Gasteiger partial charge in [-0.25, -0.2) is 4.98 Å². The highest BCUT2D eigenvalue weighted by Crippen LogP contribution is 2.26. The molecule has 0 aliphatic carbocycles. The molecule has 7 heteroatoms. The van der Waals surface area contributed by atoms with Crippen LogP contribution in [0, 0.1) is 0 Å². The molecule has 0 aromatic carbocycles. The maximum Gasteiger partial charge on any atom is 0.305 e. The summed E-state index contributed by atoms with van der Waals surface area (Å²) in [6, 6.07) is 0.403. The fourth-order valence-corrected chi connectivity index (χ4v) is 2.82. The lowest BCUT2D eigenvalue weighted by Gasteiger charge is -2.21. The van der Waals surface area contributed by atoms with Crippen LogP contribution in [0.1, 0.15) is 0 Å². The molecule has 96 valence electrons. The largest absolute Gasteiger partial charge is 0.531 e. The molecule has 0 aliphatic rings. The Bertz CT molecular complexity index is 402. The lowest BCUT2D eigenvalue weighted by Crippen LogP contribution is -2.32. The standard InChI is InChI=1S/C10H19BrN2O2Si2/c1-16(2,3)14-9-8(11)7-12-10(13-9)15-17(4,5)6/h7H,1-6H3. The molecule has 0 bridgehead atoms. The average molecular weight is 335 g/mol. The summed E-state index contributed by atoms with van der Waals surface area (Å²) < 4.78 is 12.4. The van der Waals surface area contributed by atoms with E-state index in [1.807, 2.05) is 0 Å². The van der Waals surface area contributed by atoms with Gasteiger partial charge in [-0.05, 0) is 55.2 Å². The van der Waals surface area contributed by atoms with Gasteiger partial charge in [0.25, 0.3) is 0 Å². The fraction of sp³-hybridized carbons (Fsp3) is 0.600. The van der Waals surface area contributed by atoms with Gasteiger partial charge in [-0.1, -0.05) is 0 Å². The van der Waals surface area contributed by atoms with E-state index in [1.54, 1.807) is 6.20 Å². The highest BCUT2D eigenvalue weighted by Gasteiger charge is 2.22. The maximum absolute atomic E-state index is 5.86. The van der Waals surface area contributed by atoms with Crippen molar-refractivity contribution in [2.45, 2.75) is 39.3 Å². The predicted octanol–water partition coefficient (Wildman–Crippen LogP) is 3.67. The van der Waals surface area contributed by atoms with E-state index in [2.05, 4.69) is 65.2 Å². The quantitative estimate of drug-likeness (QED) is 0.788. The van der Waals surface area contributed by atoms with Crippen molar-refractivity contribution in [3.05, 3.63) is 10.7 Å².